The van der Waals surface area contributed by atoms with Gasteiger partial charge in [0.1, 0.15) is 12.1 Å². The number of halogens is 4. The van der Waals surface area contributed by atoms with E-state index in [1.165, 1.54) is 6.33 Å². The van der Waals surface area contributed by atoms with E-state index in [-0.39, 0.29) is 28.9 Å². The topological polar surface area (TPSA) is 134 Å². The molecule has 2 aliphatic heterocycles. The molecule has 0 spiro atoms. The van der Waals surface area contributed by atoms with Crippen LogP contribution in [0.1, 0.15) is 46.7 Å². The summed E-state index contributed by atoms with van der Waals surface area (Å²) in [5.74, 6) is -0.912. The van der Waals surface area contributed by atoms with Gasteiger partial charge in [-0.2, -0.15) is 18.3 Å². The van der Waals surface area contributed by atoms with E-state index >= 15 is 0 Å². The predicted molar refractivity (Wildman–Crippen MR) is 155 cm³/mol. The Morgan fingerprint density at radius 1 is 1.09 bits per heavy atom. The Kier molecular flexibility index (Phi) is 8.51. The third kappa shape index (κ3) is 6.25. The number of benzene rings is 1. The maximum absolute atomic E-state index is 13.6. The van der Waals surface area contributed by atoms with Crippen LogP contribution in [0.25, 0.3) is 10.9 Å². The summed E-state index contributed by atoms with van der Waals surface area (Å²) in [6, 6.07) is 6.61. The number of carbonyl (C=O) groups is 1. The Hall–Kier alpha value is -4.08. The predicted octanol–water partition coefficient (Wildman–Crippen LogP) is 3.23. The smallest absolute Gasteiger partial charge is 0.379 e. The van der Waals surface area contributed by atoms with E-state index in [0.717, 1.165) is 31.1 Å². The SMILES string of the molecule is O=C(NCC(c1cnc(C(F)(F)F)nc1)N1CCOCC1)c1c(Cl)ccc2nc(N3CCC(n4cn[nH]c4=O)CC3)ccc12. The zero-order chi connectivity index (χ0) is 30.8. The zero-order valence-corrected chi connectivity index (χ0v) is 24.2. The summed E-state index contributed by atoms with van der Waals surface area (Å²) in [6.07, 6.45) is 0.665. The van der Waals surface area contributed by atoms with Gasteiger partial charge < -0.3 is 15.0 Å². The van der Waals surface area contributed by atoms with Crippen LogP contribution in [0, 0.1) is 0 Å². The van der Waals surface area contributed by atoms with Crippen LogP contribution < -0.4 is 15.9 Å². The number of pyridine rings is 1. The second-order valence-electron chi connectivity index (χ2n) is 10.7. The Morgan fingerprint density at radius 3 is 2.48 bits per heavy atom. The van der Waals surface area contributed by atoms with Gasteiger partial charge in [-0.1, -0.05) is 11.6 Å². The highest BCUT2D eigenvalue weighted by atomic mass is 35.5. The fourth-order valence-corrected chi connectivity index (χ4v) is 6.00. The van der Waals surface area contributed by atoms with E-state index in [1.54, 1.807) is 16.7 Å². The van der Waals surface area contributed by atoms with Crippen LogP contribution in [0.4, 0.5) is 19.0 Å². The lowest BCUT2D eigenvalue weighted by atomic mass is 10.0. The molecule has 1 amide bonds. The number of hydrogen-bond acceptors (Lipinski definition) is 9. The third-order valence-electron chi connectivity index (χ3n) is 8.04. The summed E-state index contributed by atoms with van der Waals surface area (Å²) in [6.45, 7) is 3.43. The molecule has 1 aromatic carbocycles. The van der Waals surface area contributed by atoms with Crippen LogP contribution in [-0.4, -0.2) is 86.5 Å². The Balaban J connectivity index is 1.19. The number of piperidine rings is 1. The van der Waals surface area contributed by atoms with Crippen molar-refractivity contribution in [2.75, 3.05) is 50.8 Å². The van der Waals surface area contributed by atoms with E-state index in [0.29, 0.717) is 55.9 Å². The fraction of sp³-hybridized carbons (Fsp3) is 0.429. The molecule has 232 valence electrons. The van der Waals surface area contributed by atoms with Crippen molar-refractivity contribution in [2.45, 2.75) is 31.1 Å². The quantitative estimate of drug-likeness (QED) is 0.315. The van der Waals surface area contributed by atoms with Gasteiger partial charge in [0, 0.05) is 62.1 Å². The Bertz CT molecular complexity index is 1680. The molecule has 0 bridgehead atoms. The number of morpholine rings is 1. The zero-order valence-electron chi connectivity index (χ0n) is 23.4. The van der Waals surface area contributed by atoms with Gasteiger partial charge in [-0.25, -0.2) is 24.8 Å². The van der Waals surface area contributed by atoms with Gasteiger partial charge >= 0.3 is 11.9 Å². The molecule has 16 heteroatoms. The molecule has 44 heavy (non-hydrogen) atoms. The molecule has 2 N–H and O–H groups in total. The highest BCUT2D eigenvalue weighted by Crippen LogP contribution is 2.31. The number of fused-ring (bicyclic) bond motifs is 1. The Morgan fingerprint density at radius 2 is 1.82 bits per heavy atom. The van der Waals surface area contributed by atoms with Gasteiger partial charge in [0.25, 0.3) is 5.91 Å². The van der Waals surface area contributed by atoms with E-state index < -0.39 is 23.9 Å². The molecule has 3 aromatic heterocycles. The van der Waals surface area contributed by atoms with Crippen molar-refractivity contribution in [1.82, 2.24) is 39.9 Å². The normalized spacial score (nSPS) is 17.6. The fourth-order valence-electron chi connectivity index (χ4n) is 5.74. The molecule has 0 saturated carbocycles. The molecular formula is C28H29ClF3N9O3. The molecule has 2 fully saturated rings. The van der Waals surface area contributed by atoms with Gasteiger partial charge in [0.15, 0.2) is 0 Å². The first-order valence-corrected chi connectivity index (χ1v) is 14.5. The lowest BCUT2D eigenvalue weighted by Gasteiger charge is -2.34. The molecule has 2 saturated heterocycles. The molecule has 1 unspecified atom stereocenters. The number of amides is 1. The minimum Gasteiger partial charge on any atom is -0.379 e. The van der Waals surface area contributed by atoms with Crippen LogP contribution in [0.15, 0.2) is 47.8 Å². The summed E-state index contributed by atoms with van der Waals surface area (Å²) in [4.78, 5) is 41.5. The number of nitrogens with one attached hydrogen (secondary N) is 2. The highest BCUT2D eigenvalue weighted by Gasteiger charge is 2.35. The largest absolute Gasteiger partial charge is 0.451 e. The average Bonchev–Trinajstić information content (AvgIpc) is 3.47. The van der Waals surface area contributed by atoms with Gasteiger partial charge in [-0.05, 0) is 37.1 Å². The van der Waals surface area contributed by atoms with Crippen molar-refractivity contribution in [3.05, 3.63) is 75.4 Å². The summed E-state index contributed by atoms with van der Waals surface area (Å²) >= 11 is 6.52. The number of anilines is 1. The summed E-state index contributed by atoms with van der Waals surface area (Å²) in [5, 5.41) is 9.98. The molecular weight excluding hydrogens is 603 g/mol. The van der Waals surface area contributed by atoms with E-state index in [2.05, 4.69) is 30.4 Å². The van der Waals surface area contributed by atoms with Crippen molar-refractivity contribution in [3.63, 3.8) is 0 Å². The number of H-pyrrole nitrogens is 1. The minimum absolute atomic E-state index is 0.0579. The lowest BCUT2D eigenvalue weighted by molar-refractivity contribution is -0.145. The number of rotatable bonds is 7. The lowest BCUT2D eigenvalue weighted by Crippen LogP contribution is -2.44. The van der Waals surface area contributed by atoms with Crippen LogP contribution >= 0.6 is 11.6 Å². The molecule has 6 rings (SSSR count). The van der Waals surface area contributed by atoms with Crippen molar-refractivity contribution < 1.29 is 22.7 Å². The van der Waals surface area contributed by atoms with Crippen LogP contribution in [0.5, 0.6) is 0 Å². The number of aromatic amines is 1. The van der Waals surface area contributed by atoms with E-state index in [9.17, 15) is 22.8 Å². The summed E-state index contributed by atoms with van der Waals surface area (Å²) in [5.41, 5.74) is 1.06. The maximum atomic E-state index is 13.6. The molecule has 1 atom stereocenters. The standard InChI is InChI=1S/C28H29ClF3N9O3/c29-20-2-3-21-19(1-4-23(37-21)40-7-5-18(6-8-40)41-16-36-38-27(41)43)24(20)25(42)33-15-22(39-9-11-44-12-10-39)17-13-34-26(35-14-17)28(30,31)32/h1-4,13-14,16,18,22H,5-12,15H2,(H,33,42)(H,38,43). The van der Waals surface area contributed by atoms with Crippen molar-refractivity contribution in [3.8, 4) is 0 Å². The highest BCUT2D eigenvalue weighted by molar-refractivity contribution is 6.35. The van der Waals surface area contributed by atoms with E-state index in [1.807, 2.05) is 17.0 Å². The monoisotopic (exact) mass is 631 g/mol. The molecule has 2 aliphatic rings. The van der Waals surface area contributed by atoms with Gasteiger partial charge in [-0.15, -0.1) is 0 Å². The van der Waals surface area contributed by atoms with Crippen molar-refractivity contribution >= 4 is 34.2 Å². The first-order valence-electron chi connectivity index (χ1n) is 14.1. The average molecular weight is 632 g/mol. The molecule has 0 radical (unpaired) electrons. The first kappa shape index (κ1) is 30.0. The summed E-state index contributed by atoms with van der Waals surface area (Å²) < 4.78 is 46.2. The maximum Gasteiger partial charge on any atom is 0.451 e. The second-order valence-corrected chi connectivity index (χ2v) is 11.1. The van der Waals surface area contributed by atoms with Crippen LogP contribution in [0.2, 0.25) is 5.02 Å². The van der Waals surface area contributed by atoms with E-state index in [4.69, 9.17) is 21.3 Å². The molecule has 12 nitrogen and oxygen atoms in total. The number of carbonyl (C=O) groups excluding carboxylic acids is 1. The van der Waals surface area contributed by atoms with Crippen molar-refractivity contribution in [2.24, 2.45) is 0 Å². The number of ether oxygens (including phenoxy) is 1. The number of hydrogen-bond donors (Lipinski definition) is 2. The second kappa shape index (κ2) is 12.5. The summed E-state index contributed by atoms with van der Waals surface area (Å²) in [7, 11) is 0. The number of nitrogens with zero attached hydrogens (tertiary/aromatic N) is 7. The van der Waals surface area contributed by atoms with Gasteiger partial charge in [0.05, 0.1) is 35.4 Å². The van der Waals surface area contributed by atoms with Crippen LogP contribution in [0.3, 0.4) is 0 Å². The number of aromatic nitrogens is 6. The Labute approximate surface area is 254 Å². The van der Waals surface area contributed by atoms with Gasteiger partial charge in [0.2, 0.25) is 5.82 Å². The minimum atomic E-state index is -4.66. The first-order chi connectivity index (χ1) is 21.2. The molecule has 4 aromatic rings. The van der Waals surface area contributed by atoms with Gasteiger partial charge in [-0.3, -0.25) is 14.3 Å². The van der Waals surface area contributed by atoms with Crippen molar-refractivity contribution in [1.29, 1.82) is 0 Å². The van der Waals surface area contributed by atoms with Crippen LogP contribution in [-0.2, 0) is 10.9 Å². The molecule has 5 heterocycles. The third-order valence-corrected chi connectivity index (χ3v) is 8.36. The molecule has 0 aliphatic carbocycles. The number of alkyl halides is 3.